The van der Waals surface area contributed by atoms with Crippen molar-refractivity contribution < 1.29 is 19.1 Å². The maximum absolute atomic E-state index is 12.6. The molecule has 140 valence electrons. The number of amides is 2. The number of halogens is 1. The monoisotopic (exact) mass is 386 g/mol. The second kappa shape index (κ2) is 8.14. The molecule has 1 aliphatic heterocycles. The van der Waals surface area contributed by atoms with Crippen molar-refractivity contribution in [2.24, 2.45) is 0 Å². The quantitative estimate of drug-likeness (QED) is 0.741. The third-order valence-electron chi connectivity index (χ3n) is 4.21. The molecule has 0 unspecified atom stereocenters. The predicted octanol–water partition coefficient (Wildman–Crippen LogP) is 2.81. The standard InChI is InChI=1S/C20H19ClN2O4/c1-26-15-9-8-14(10-16(15)27-2)11-22-18-17(21)19(24)23(20(18)25)12-13-6-4-3-5-7-13/h3-10,22H,11-12H2,1-2H3. The smallest absolute Gasteiger partial charge is 0.278 e. The molecule has 0 spiro atoms. The molecule has 6 nitrogen and oxygen atoms in total. The van der Waals surface area contributed by atoms with Crippen LogP contribution in [-0.2, 0) is 22.7 Å². The molecule has 3 rings (SSSR count). The number of hydrogen-bond donors (Lipinski definition) is 1. The van der Waals surface area contributed by atoms with Gasteiger partial charge in [-0.1, -0.05) is 48.0 Å². The molecule has 1 aliphatic rings. The van der Waals surface area contributed by atoms with Gasteiger partial charge in [0.25, 0.3) is 11.8 Å². The van der Waals surface area contributed by atoms with Gasteiger partial charge in [-0.05, 0) is 23.3 Å². The average Bonchev–Trinajstić information content (AvgIpc) is 2.90. The zero-order valence-electron chi connectivity index (χ0n) is 15.0. The van der Waals surface area contributed by atoms with Gasteiger partial charge in [0.1, 0.15) is 10.7 Å². The molecule has 2 aromatic rings. The number of imide groups is 1. The van der Waals surface area contributed by atoms with E-state index in [1.165, 1.54) is 0 Å². The molecule has 27 heavy (non-hydrogen) atoms. The van der Waals surface area contributed by atoms with Gasteiger partial charge in [0, 0.05) is 6.54 Å². The van der Waals surface area contributed by atoms with E-state index in [1.54, 1.807) is 26.4 Å². The summed E-state index contributed by atoms with van der Waals surface area (Å²) in [6.45, 7) is 0.486. The summed E-state index contributed by atoms with van der Waals surface area (Å²) in [6, 6.07) is 14.7. The van der Waals surface area contributed by atoms with Crippen molar-refractivity contribution in [3.05, 3.63) is 70.4 Å². The van der Waals surface area contributed by atoms with E-state index in [9.17, 15) is 9.59 Å². The van der Waals surface area contributed by atoms with Crippen LogP contribution in [0.5, 0.6) is 11.5 Å². The van der Waals surface area contributed by atoms with Crippen LogP contribution in [0, 0.1) is 0 Å². The maximum atomic E-state index is 12.6. The van der Waals surface area contributed by atoms with Gasteiger partial charge in [-0.3, -0.25) is 14.5 Å². The summed E-state index contributed by atoms with van der Waals surface area (Å²) in [4.78, 5) is 26.1. The Morgan fingerprint density at radius 1 is 0.926 bits per heavy atom. The van der Waals surface area contributed by atoms with Crippen LogP contribution in [0.25, 0.3) is 0 Å². The van der Waals surface area contributed by atoms with E-state index in [1.807, 2.05) is 36.4 Å². The van der Waals surface area contributed by atoms with E-state index in [2.05, 4.69) is 5.32 Å². The van der Waals surface area contributed by atoms with Crippen molar-refractivity contribution in [1.29, 1.82) is 0 Å². The predicted molar refractivity (Wildman–Crippen MR) is 101 cm³/mol. The Morgan fingerprint density at radius 2 is 1.63 bits per heavy atom. The van der Waals surface area contributed by atoms with Crippen LogP contribution in [0.3, 0.4) is 0 Å². The zero-order chi connectivity index (χ0) is 19.4. The first-order valence-electron chi connectivity index (χ1n) is 8.29. The van der Waals surface area contributed by atoms with Crippen molar-refractivity contribution >= 4 is 23.4 Å². The Balaban J connectivity index is 1.71. The van der Waals surface area contributed by atoms with Crippen LogP contribution < -0.4 is 14.8 Å². The highest BCUT2D eigenvalue weighted by Crippen LogP contribution is 2.28. The van der Waals surface area contributed by atoms with Crippen LogP contribution in [0.4, 0.5) is 0 Å². The summed E-state index contributed by atoms with van der Waals surface area (Å²) < 4.78 is 10.5. The Labute approximate surface area is 162 Å². The number of carbonyl (C=O) groups is 2. The molecule has 0 saturated carbocycles. The molecule has 0 radical (unpaired) electrons. The summed E-state index contributed by atoms with van der Waals surface area (Å²) >= 11 is 6.12. The van der Waals surface area contributed by atoms with Crippen LogP contribution in [0.1, 0.15) is 11.1 Å². The third kappa shape index (κ3) is 3.90. The van der Waals surface area contributed by atoms with Crippen molar-refractivity contribution in [3.8, 4) is 11.5 Å². The van der Waals surface area contributed by atoms with Gasteiger partial charge in [-0.2, -0.15) is 0 Å². The number of carbonyl (C=O) groups excluding carboxylic acids is 2. The van der Waals surface area contributed by atoms with Gasteiger partial charge >= 0.3 is 0 Å². The van der Waals surface area contributed by atoms with Gasteiger partial charge in [0.05, 0.1) is 20.8 Å². The van der Waals surface area contributed by atoms with E-state index in [4.69, 9.17) is 21.1 Å². The number of ether oxygens (including phenoxy) is 2. The van der Waals surface area contributed by atoms with Crippen LogP contribution in [-0.4, -0.2) is 30.9 Å². The average molecular weight is 387 g/mol. The molecule has 0 fully saturated rings. The molecule has 0 aliphatic carbocycles. The molecule has 7 heteroatoms. The summed E-state index contributed by atoms with van der Waals surface area (Å²) in [6.07, 6.45) is 0. The number of hydrogen-bond acceptors (Lipinski definition) is 5. The highest BCUT2D eigenvalue weighted by atomic mass is 35.5. The fraction of sp³-hybridized carbons (Fsp3) is 0.200. The number of nitrogens with one attached hydrogen (secondary N) is 1. The molecule has 1 N–H and O–H groups in total. The molecule has 0 aromatic heterocycles. The minimum atomic E-state index is -0.500. The lowest BCUT2D eigenvalue weighted by atomic mass is 10.2. The Kier molecular flexibility index (Phi) is 5.66. The fourth-order valence-corrected chi connectivity index (χ4v) is 3.04. The second-order valence-electron chi connectivity index (χ2n) is 5.91. The second-order valence-corrected chi connectivity index (χ2v) is 6.29. The number of methoxy groups -OCH3 is 2. The van der Waals surface area contributed by atoms with E-state index >= 15 is 0 Å². The Hall–Kier alpha value is -2.99. The van der Waals surface area contributed by atoms with Crippen molar-refractivity contribution in [2.45, 2.75) is 13.1 Å². The van der Waals surface area contributed by atoms with Crippen LogP contribution in [0.15, 0.2) is 59.3 Å². The minimum Gasteiger partial charge on any atom is -0.493 e. The van der Waals surface area contributed by atoms with Gasteiger partial charge in [-0.15, -0.1) is 0 Å². The first kappa shape index (κ1) is 18.8. The number of nitrogens with zero attached hydrogens (tertiary/aromatic N) is 1. The van der Waals surface area contributed by atoms with Gasteiger partial charge in [0.15, 0.2) is 11.5 Å². The SMILES string of the molecule is COc1ccc(CNC2=C(Cl)C(=O)N(Cc3ccccc3)C2=O)cc1OC. The van der Waals surface area contributed by atoms with Crippen LogP contribution >= 0.6 is 11.6 Å². The highest BCUT2D eigenvalue weighted by Gasteiger charge is 2.37. The molecule has 2 amide bonds. The fourth-order valence-electron chi connectivity index (χ4n) is 2.79. The Bertz CT molecular complexity index is 896. The van der Waals surface area contributed by atoms with Gasteiger partial charge in [0.2, 0.25) is 0 Å². The van der Waals surface area contributed by atoms with Gasteiger partial charge in [-0.25, -0.2) is 0 Å². The third-order valence-corrected chi connectivity index (χ3v) is 4.56. The maximum Gasteiger partial charge on any atom is 0.278 e. The molecule has 0 bridgehead atoms. The Morgan fingerprint density at radius 3 is 2.30 bits per heavy atom. The number of rotatable bonds is 7. The van der Waals surface area contributed by atoms with Gasteiger partial charge < -0.3 is 14.8 Å². The summed E-state index contributed by atoms with van der Waals surface area (Å²) in [7, 11) is 3.11. The lowest BCUT2D eigenvalue weighted by molar-refractivity contribution is -0.138. The summed E-state index contributed by atoms with van der Waals surface area (Å²) in [5.41, 5.74) is 1.81. The van der Waals surface area contributed by atoms with E-state index in [-0.39, 0.29) is 17.3 Å². The lowest BCUT2D eigenvalue weighted by Gasteiger charge is -2.15. The normalized spacial score (nSPS) is 14.0. The van der Waals surface area contributed by atoms with Crippen molar-refractivity contribution in [2.75, 3.05) is 14.2 Å². The summed E-state index contributed by atoms with van der Waals surface area (Å²) in [5.74, 6) is 0.255. The number of benzene rings is 2. The molecular formula is C20H19ClN2O4. The van der Waals surface area contributed by atoms with E-state index < -0.39 is 11.8 Å². The topological polar surface area (TPSA) is 67.9 Å². The summed E-state index contributed by atoms with van der Waals surface area (Å²) in [5, 5.41) is 2.87. The van der Waals surface area contributed by atoms with Crippen molar-refractivity contribution in [1.82, 2.24) is 10.2 Å². The largest absolute Gasteiger partial charge is 0.493 e. The van der Waals surface area contributed by atoms with Crippen molar-refractivity contribution in [3.63, 3.8) is 0 Å². The van der Waals surface area contributed by atoms with E-state index in [0.29, 0.717) is 18.0 Å². The van der Waals surface area contributed by atoms with E-state index in [0.717, 1.165) is 16.0 Å². The minimum absolute atomic E-state index is 0.101. The molecule has 0 atom stereocenters. The highest BCUT2D eigenvalue weighted by molar-refractivity contribution is 6.47. The molecule has 0 saturated heterocycles. The first-order chi connectivity index (χ1) is 13.0. The molecular weight excluding hydrogens is 368 g/mol. The van der Waals surface area contributed by atoms with Crippen LogP contribution in [0.2, 0.25) is 0 Å². The molecule has 2 aromatic carbocycles. The zero-order valence-corrected chi connectivity index (χ0v) is 15.7. The first-order valence-corrected chi connectivity index (χ1v) is 8.67. The molecule has 1 heterocycles. The lowest BCUT2D eigenvalue weighted by Crippen LogP contribution is -2.33.